The van der Waals surface area contributed by atoms with E-state index >= 15 is 0 Å². The fourth-order valence-corrected chi connectivity index (χ4v) is 3.88. The standard InChI is InChI=1S/C20H26N2O4/c1-21-19(13-6-8-22(9-7-13)20(26)18(25)12-23)16-10-14-4-2-3-5-15(14)11-17(16)24/h2-5,10-11,13,18-19,21,23-25H,6-9,12H2,1H3. The fraction of sp³-hybridized carbons (Fsp3) is 0.450. The quantitative estimate of drug-likeness (QED) is 0.648. The van der Waals surface area contributed by atoms with Crippen LogP contribution in [0, 0.1) is 5.92 Å². The van der Waals surface area contributed by atoms with E-state index in [1.807, 2.05) is 37.4 Å². The van der Waals surface area contributed by atoms with E-state index in [2.05, 4.69) is 5.32 Å². The summed E-state index contributed by atoms with van der Waals surface area (Å²) in [7, 11) is 1.88. The third kappa shape index (κ3) is 3.67. The summed E-state index contributed by atoms with van der Waals surface area (Å²) in [6.45, 7) is 0.517. The van der Waals surface area contributed by atoms with Crippen LogP contribution in [0.15, 0.2) is 36.4 Å². The number of aliphatic hydroxyl groups excluding tert-OH is 2. The van der Waals surface area contributed by atoms with Gasteiger partial charge < -0.3 is 25.5 Å². The first kappa shape index (κ1) is 18.6. The van der Waals surface area contributed by atoms with Crippen molar-refractivity contribution in [2.45, 2.75) is 25.0 Å². The molecule has 2 aromatic carbocycles. The molecule has 6 nitrogen and oxygen atoms in total. The van der Waals surface area contributed by atoms with E-state index in [9.17, 15) is 15.0 Å². The maximum absolute atomic E-state index is 12.0. The van der Waals surface area contributed by atoms with E-state index < -0.39 is 18.6 Å². The molecular formula is C20H26N2O4. The van der Waals surface area contributed by atoms with Crippen LogP contribution in [0.25, 0.3) is 10.8 Å². The molecule has 3 rings (SSSR count). The Morgan fingerprint density at radius 1 is 1.23 bits per heavy atom. The van der Waals surface area contributed by atoms with E-state index in [0.29, 0.717) is 13.1 Å². The molecule has 0 aliphatic carbocycles. The maximum Gasteiger partial charge on any atom is 0.253 e. The minimum absolute atomic E-state index is 0.0142. The zero-order valence-corrected chi connectivity index (χ0v) is 14.9. The van der Waals surface area contributed by atoms with Gasteiger partial charge in [0.2, 0.25) is 0 Å². The zero-order chi connectivity index (χ0) is 18.7. The minimum atomic E-state index is -1.34. The summed E-state index contributed by atoms with van der Waals surface area (Å²) < 4.78 is 0. The Morgan fingerprint density at radius 3 is 2.42 bits per heavy atom. The Balaban J connectivity index is 1.76. The molecule has 0 saturated carbocycles. The van der Waals surface area contributed by atoms with Crippen LogP contribution in [0.2, 0.25) is 0 Å². The largest absolute Gasteiger partial charge is 0.508 e. The molecule has 0 aromatic heterocycles. The van der Waals surface area contributed by atoms with Gasteiger partial charge in [-0.25, -0.2) is 0 Å². The van der Waals surface area contributed by atoms with E-state index in [1.54, 1.807) is 11.0 Å². The Kier molecular flexibility index (Phi) is 5.76. The van der Waals surface area contributed by atoms with Crippen molar-refractivity contribution in [1.29, 1.82) is 0 Å². The highest BCUT2D eigenvalue weighted by Crippen LogP contribution is 2.37. The number of benzene rings is 2. The third-order valence-electron chi connectivity index (χ3n) is 5.32. The topological polar surface area (TPSA) is 93.0 Å². The minimum Gasteiger partial charge on any atom is -0.508 e. The van der Waals surface area contributed by atoms with Gasteiger partial charge in [-0.3, -0.25) is 4.79 Å². The highest BCUT2D eigenvalue weighted by molar-refractivity contribution is 5.85. The molecule has 1 aliphatic rings. The van der Waals surface area contributed by atoms with Crippen molar-refractivity contribution in [2.24, 2.45) is 5.92 Å². The molecule has 0 bridgehead atoms. The summed E-state index contributed by atoms with van der Waals surface area (Å²) in [4.78, 5) is 13.6. The molecule has 140 valence electrons. The van der Waals surface area contributed by atoms with Crippen molar-refractivity contribution in [3.05, 3.63) is 42.0 Å². The third-order valence-corrected chi connectivity index (χ3v) is 5.32. The van der Waals surface area contributed by atoms with Gasteiger partial charge in [0, 0.05) is 24.7 Å². The number of aliphatic hydroxyl groups is 2. The summed E-state index contributed by atoms with van der Waals surface area (Å²) in [6.07, 6.45) is 0.194. The van der Waals surface area contributed by atoms with E-state index in [-0.39, 0.29) is 17.7 Å². The summed E-state index contributed by atoms with van der Waals surface area (Å²) in [5.41, 5.74) is 0.867. The lowest BCUT2D eigenvalue weighted by molar-refractivity contribution is -0.143. The Morgan fingerprint density at radius 2 is 1.85 bits per heavy atom. The van der Waals surface area contributed by atoms with Crippen LogP contribution >= 0.6 is 0 Å². The van der Waals surface area contributed by atoms with Gasteiger partial charge in [0.15, 0.2) is 6.10 Å². The first-order chi connectivity index (χ1) is 12.5. The predicted octanol–water partition coefficient (Wildman–Crippen LogP) is 1.40. The average molecular weight is 358 g/mol. The number of aromatic hydroxyl groups is 1. The number of phenols is 1. The van der Waals surface area contributed by atoms with Gasteiger partial charge in [0.25, 0.3) is 5.91 Å². The molecule has 1 heterocycles. The van der Waals surface area contributed by atoms with Crippen LogP contribution < -0.4 is 5.32 Å². The van der Waals surface area contributed by atoms with Gasteiger partial charge in [-0.05, 0) is 48.7 Å². The van der Waals surface area contributed by atoms with Crippen LogP contribution in [0.3, 0.4) is 0 Å². The lowest BCUT2D eigenvalue weighted by Gasteiger charge is -2.37. The summed E-state index contributed by atoms with van der Waals surface area (Å²) in [5.74, 6) is 0.125. The number of phenolic OH excluding ortho intramolecular Hbond substituents is 1. The molecule has 2 unspecified atom stereocenters. The molecule has 1 saturated heterocycles. The molecule has 4 N–H and O–H groups in total. The number of carbonyl (C=O) groups is 1. The molecule has 1 aliphatic heterocycles. The van der Waals surface area contributed by atoms with Gasteiger partial charge in [-0.2, -0.15) is 0 Å². The number of hydrogen-bond acceptors (Lipinski definition) is 5. The first-order valence-electron chi connectivity index (χ1n) is 9.01. The zero-order valence-electron chi connectivity index (χ0n) is 14.9. The van der Waals surface area contributed by atoms with Gasteiger partial charge in [0.05, 0.1) is 6.61 Å². The number of piperidine rings is 1. The monoisotopic (exact) mass is 358 g/mol. The van der Waals surface area contributed by atoms with Crippen LogP contribution in [-0.4, -0.2) is 59.0 Å². The van der Waals surface area contributed by atoms with Gasteiger partial charge in [-0.15, -0.1) is 0 Å². The molecule has 26 heavy (non-hydrogen) atoms. The molecule has 2 aromatic rings. The van der Waals surface area contributed by atoms with Crippen molar-refractivity contribution < 1.29 is 20.1 Å². The Hall–Kier alpha value is -2.15. The molecule has 6 heteroatoms. The Labute approximate surface area is 153 Å². The number of hydrogen-bond donors (Lipinski definition) is 4. The second kappa shape index (κ2) is 8.03. The van der Waals surface area contributed by atoms with Crippen LogP contribution in [0.4, 0.5) is 0 Å². The second-order valence-electron chi connectivity index (χ2n) is 6.89. The number of fused-ring (bicyclic) bond motifs is 1. The second-order valence-corrected chi connectivity index (χ2v) is 6.89. The van der Waals surface area contributed by atoms with Crippen LogP contribution in [0.1, 0.15) is 24.4 Å². The SMILES string of the molecule is CNC(c1cc2ccccc2cc1O)C1CCN(C(=O)C(O)CO)CC1. The van der Waals surface area contributed by atoms with E-state index in [0.717, 1.165) is 29.2 Å². The van der Waals surface area contributed by atoms with Crippen molar-refractivity contribution >= 4 is 16.7 Å². The van der Waals surface area contributed by atoms with E-state index in [1.165, 1.54) is 0 Å². The fourth-order valence-electron chi connectivity index (χ4n) is 3.88. The maximum atomic E-state index is 12.0. The molecule has 1 amide bonds. The number of amides is 1. The van der Waals surface area contributed by atoms with Crippen molar-refractivity contribution in [1.82, 2.24) is 10.2 Å². The highest BCUT2D eigenvalue weighted by Gasteiger charge is 2.31. The lowest BCUT2D eigenvalue weighted by atomic mass is 9.84. The summed E-state index contributed by atoms with van der Waals surface area (Å²) in [6, 6.07) is 11.7. The van der Waals surface area contributed by atoms with Crippen LogP contribution in [0.5, 0.6) is 5.75 Å². The molecule has 0 spiro atoms. The molecule has 2 atom stereocenters. The summed E-state index contributed by atoms with van der Waals surface area (Å²) >= 11 is 0. The number of likely N-dealkylation sites (tertiary alicyclic amines) is 1. The van der Waals surface area contributed by atoms with Crippen molar-refractivity contribution in [3.8, 4) is 5.75 Å². The number of nitrogens with zero attached hydrogens (tertiary/aromatic N) is 1. The van der Waals surface area contributed by atoms with Crippen LogP contribution in [-0.2, 0) is 4.79 Å². The molecule has 0 radical (unpaired) electrons. The summed E-state index contributed by atoms with van der Waals surface area (Å²) in [5, 5.41) is 34.4. The van der Waals surface area contributed by atoms with Gasteiger partial charge in [-0.1, -0.05) is 24.3 Å². The Bertz CT molecular complexity index is 771. The average Bonchev–Trinajstić information content (AvgIpc) is 2.68. The van der Waals surface area contributed by atoms with Crippen molar-refractivity contribution in [3.63, 3.8) is 0 Å². The predicted molar refractivity (Wildman–Crippen MR) is 99.8 cm³/mol. The van der Waals surface area contributed by atoms with Crippen molar-refractivity contribution in [2.75, 3.05) is 26.7 Å². The van der Waals surface area contributed by atoms with Gasteiger partial charge >= 0.3 is 0 Å². The highest BCUT2D eigenvalue weighted by atomic mass is 16.3. The smallest absolute Gasteiger partial charge is 0.253 e. The molecule has 1 fully saturated rings. The number of nitrogens with one attached hydrogen (secondary N) is 1. The molecular weight excluding hydrogens is 332 g/mol. The lowest BCUT2D eigenvalue weighted by Crippen LogP contribution is -2.46. The van der Waals surface area contributed by atoms with E-state index in [4.69, 9.17) is 5.11 Å². The normalized spacial score (nSPS) is 18.0. The number of carbonyl (C=O) groups excluding carboxylic acids is 1. The van der Waals surface area contributed by atoms with Gasteiger partial charge in [0.1, 0.15) is 5.75 Å². The first-order valence-corrected chi connectivity index (χ1v) is 9.01. The number of rotatable bonds is 5.